The van der Waals surface area contributed by atoms with Crippen molar-refractivity contribution in [1.29, 1.82) is 0 Å². The molecule has 3 aromatic carbocycles. The van der Waals surface area contributed by atoms with E-state index in [4.69, 9.17) is 4.74 Å². The van der Waals surface area contributed by atoms with Gasteiger partial charge in [0.1, 0.15) is 18.5 Å². The number of hydrogen-bond donors (Lipinski definition) is 1. The van der Waals surface area contributed by atoms with Crippen molar-refractivity contribution in [2.24, 2.45) is 0 Å². The Labute approximate surface area is 148 Å². The summed E-state index contributed by atoms with van der Waals surface area (Å²) in [6.07, 6.45) is 0.615. The van der Waals surface area contributed by atoms with Crippen LogP contribution in [-0.4, -0.2) is 27.4 Å². The standard InChI is InChI=1S/C20H16F2N2O2/c21-16-8-18-19(9-17(16)22)24(12-23-18)10-14(25)11-26-20-7-3-5-13-4-1-2-6-15(13)20/h1-9,12,14,25H,10-11H2. The number of imidazole rings is 1. The van der Waals surface area contributed by atoms with Crippen LogP contribution in [0.4, 0.5) is 8.78 Å². The summed E-state index contributed by atoms with van der Waals surface area (Å²) in [5, 5.41) is 12.3. The van der Waals surface area contributed by atoms with Gasteiger partial charge in [0.25, 0.3) is 0 Å². The zero-order valence-corrected chi connectivity index (χ0v) is 13.8. The summed E-state index contributed by atoms with van der Waals surface area (Å²) >= 11 is 0. The van der Waals surface area contributed by atoms with Crippen molar-refractivity contribution >= 4 is 21.8 Å². The van der Waals surface area contributed by atoms with Gasteiger partial charge in [-0.25, -0.2) is 13.8 Å². The van der Waals surface area contributed by atoms with E-state index in [-0.39, 0.29) is 13.2 Å². The maximum atomic E-state index is 13.5. The van der Waals surface area contributed by atoms with Crippen molar-refractivity contribution in [1.82, 2.24) is 9.55 Å². The maximum absolute atomic E-state index is 13.5. The molecule has 0 radical (unpaired) electrons. The minimum atomic E-state index is -0.944. The van der Waals surface area contributed by atoms with Crippen LogP contribution in [0, 0.1) is 11.6 Å². The molecule has 4 rings (SSSR count). The molecule has 0 bridgehead atoms. The Kier molecular flexibility index (Phi) is 4.26. The number of aliphatic hydroxyl groups is 1. The first-order valence-corrected chi connectivity index (χ1v) is 8.20. The Balaban J connectivity index is 1.49. The van der Waals surface area contributed by atoms with Crippen LogP contribution in [0.3, 0.4) is 0 Å². The van der Waals surface area contributed by atoms with Crippen LogP contribution in [0.5, 0.6) is 5.75 Å². The Morgan fingerprint density at radius 2 is 1.81 bits per heavy atom. The number of rotatable bonds is 5. The lowest BCUT2D eigenvalue weighted by Gasteiger charge is -2.15. The first-order chi connectivity index (χ1) is 12.6. The number of ether oxygens (including phenoxy) is 1. The SMILES string of the molecule is OC(COc1cccc2ccccc12)Cn1cnc2cc(F)c(F)cc21. The van der Waals surface area contributed by atoms with Gasteiger partial charge in [-0.05, 0) is 11.5 Å². The second-order valence-electron chi connectivity index (χ2n) is 6.09. The zero-order valence-electron chi connectivity index (χ0n) is 13.8. The average molecular weight is 354 g/mol. The van der Waals surface area contributed by atoms with Crippen molar-refractivity contribution in [2.45, 2.75) is 12.6 Å². The molecule has 0 saturated heterocycles. The fraction of sp³-hybridized carbons (Fsp3) is 0.150. The fourth-order valence-corrected chi connectivity index (χ4v) is 2.99. The lowest BCUT2D eigenvalue weighted by atomic mass is 10.1. The third-order valence-corrected chi connectivity index (χ3v) is 4.25. The molecule has 1 unspecified atom stereocenters. The molecule has 26 heavy (non-hydrogen) atoms. The van der Waals surface area contributed by atoms with E-state index >= 15 is 0 Å². The monoisotopic (exact) mass is 354 g/mol. The molecule has 1 heterocycles. The summed E-state index contributed by atoms with van der Waals surface area (Å²) in [7, 11) is 0. The van der Waals surface area contributed by atoms with E-state index in [0.29, 0.717) is 16.8 Å². The lowest BCUT2D eigenvalue weighted by Crippen LogP contribution is -2.23. The molecule has 0 saturated carbocycles. The average Bonchev–Trinajstić information content (AvgIpc) is 3.02. The van der Waals surface area contributed by atoms with Crippen molar-refractivity contribution in [3.8, 4) is 5.75 Å². The van der Waals surface area contributed by atoms with E-state index in [1.807, 2.05) is 42.5 Å². The van der Waals surface area contributed by atoms with E-state index in [9.17, 15) is 13.9 Å². The molecule has 0 aliphatic carbocycles. The predicted molar refractivity (Wildman–Crippen MR) is 95.1 cm³/mol. The number of hydrogen-bond acceptors (Lipinski definition) is 3. The van der Waals surface area contributed by atoms with Gasteiger partial charge < -0.3 is 14.4 Å². The molecule has 6 heteroatoms. The molecule has 0 fully saturated rings. The second kappa shape index (κ2) is 6.72. The van der Waals surface area contributed by atoms with Crippen LogP contribution in [0.1, 0.15) is 0 Å². The molecule has 1 N–H and O–H groups in total. The molecule has 4 aromatic rings. The summed E-state index contributed by atoms with van der Waals surface area (Å²) in [5.41, 5.74) is 0.763. The normalized spacial score (nSPS) is 12.6. The van der Waals surface area contributed by atoms with Gasteiger partial charge in [0.2, 0.25) is 0 Å². The van der Waals surface area contributed by atoms with Crippen LogP contribution in [0.15, 0.2) is 60.9 Å². The molecule has 1 atom stereocenters. The van der Waals surface area contributed by atoms with E-state index < -0.39 is 17.7 Å². The highest BCUT2D eigenvalue weighted by Gasteiger charge is 2.13. The molecular weight excluding hydrogens is 338 g/mol. The lowest BCUT2D eigenvalue weighted by molar-refractivity contribution is 0.0941. The van der Waals surface area contributed by atoms with Gasteiger partial charge in [-0.3, -0.25) is 0 Å². The van der Waals surface area contributed by atoms with Gasteiger partial charge in [-0.1, -0.05) is 36.4 Å². The third kappa shape index (κ3) is 3.11. The third-order valence-electron chi connectivity index (χ3n) is 4.25. The van der Waals surface area contributed by atoms with Crippen LogP contribution in [0.2, 0.25) is 0 Å². The smallest absolute Gasteiger partial charge is 0.161 e. The zero-order chi connectivity index (χ0) is 18.1. The summed E-state index contributed by atoms with van der Waals surface area (Å²) in [6.45, 7) is 0.226. The van der Waals surface area contributed by atoms with Gasteiger partial charge in [0.05, 0.1) is 23.9 Å². The van der Waals surface area contributed by atoms with Gasteiger partial charge in [0.15, 0.2) is 11.6 Å². The minimum absolute atomic E-state index is 0.0668. The van der Waals surface area contributed by atoms with Crippen LogP contribution in [-0.2, 0) is 6.54 Å². The largest absolute Gasteiger partial charge is 0.490 e. The van der Waals surface area contributed by atoms with E-state index in [1.54, 1.807) is 4.57 Å². The highest BCUT2D eigenvalue weighted by atomic mass is 19.2. The molecule has 132 valence electrons. The molecule has 1 aromatic heterocycles. The molecule has 0 spiro atoms. The number of fused-ring (bicyclic) bond motifs is 2. The van der Waals surface area contributed by atoms with E-state index in [2.05, 4.69) is 4.98 Å². The highest BCUT2D eigenvalue weighted by molar-refractivity contribution is 5.88. The second-order valence-corrected chi connectivity index (χ2v) is 6.09. The van der Waals surface area contributed by atoms with E-state index in [1.165, 1.54) is 6.33 Å². The van der Waals surface area contributed by atoms with Gasteiger partial charge in [-0.2, -0.15) is 0 Å². The van der Waals surface area contributed by atoms with Gasteiger partial charge in [0, 0.05) is 17.5 Å². The topological polar surface area (TPSA) is 47.3 Å². The number of aliphatic hydroxyl groups excluding tert-OH is 1. The molecule has 0 amide bonds. The Hall–Kier alpha value is -2.99. The fourth-order valence-electron chi connectivity index (χ4n) is 2.99. The Bertz CT molecular complexity index is 1070. The highest BCUT2D eigenvalue weighted by Crippen LogP contribution is 2.25. The van der Waals surface area contributed by atoms with Crippen LogP contribution < -0.4 is 4.74 Å². The first kappa shape index (κ1) is 16.5. The van der Waals surface area contributed by atoms with Crippen molar-refractivity contribution < 1.29 is 18.6 Å². The quantitative estimate of drug-likeness (QED) is 0.591. The van der Waals surface area contributed by atoms with E-state index in [0.717, 1.165) is 22.9 Å². The number of aromatic nitrogens is 2. The molecule has 0 aliphatic heterocycles. The summed E-state index contributed by atoms with van der Waals surface area (Å²) in [5.74, 6) is -1.20. The predicted octanol–water partition coefficient (Wildman–Crippen LogP) is 3.91. The summed E-state index contributed by atoms with van der Waals surface area (Å²) < 4.78 is 34.1. The summed E-state index contributed by atoms with van der Waals surface area (Å²) in [6, 6.07) is 15.7. The Morgan fingerprint density at radius 3 is 2.69 bits per heavy atom. The number of halogens is 2. The van der Waals surface area contributed by atoms with Crippen molar-refractivity contribution in [2.75, 3.05) is 6.61 Å². The number of benzene rings is 3. The van der Waals surface area contributed by atoms with Crippen molar-refractivity contribution in [3.63, 3.8) is 0 Å². The van der Waals surface area contributed by atoms with Crippen molar-refractivity contribution in [3.05, 3.63) is 72.6 Å². The molecule has 0 aliphatic rings. The molecule has 4 nitrogen and oxygen atoms in total. The van der Waals surface area contributed by atoms with Crippen LogP contribution in [0.25, 0.3) is 21.8 Å². The minimum Gasteiger partial charge on any atom is -0.490 e. The first-order valence-electron chi connectivity index (χ1n) is 8.20. The Morgan fingerprint density at radius 1 is 1.04 bits per heavy atom. The van der Waals surface area contributed by atoms with Gasteiger partial charge in [-0.15, -0.1) is 0 Å². The maximum Gasteiger partial charge on any atom is 0.161 e. The molecular formula is C20H16F2N2O2. The van der Waals surface area contributed by atoms with Gasteiger partial charge >= 0.3 is 0 Å². The van der Waals surface area contributed by atoms with Crippen LogP contribution >= 0.6 is 0 Å². The number of nitrogens with zero attached hydrogens (tertiary/aromatic N) is 2. The summed E-state index contributed by atoms with van der Waals surface area (Å²) in [4.78, 5) is 4.04.